The Morgan fingerprint density at radius 2 is 1.70 bits per heavy atom. The molecule has 0 unspecified atom stereocenters. The van der Waals surface area contributed by atoms with Gasteiger partial charge >= 0.3 is 0 Å². The number of nitrogens with one attached hydrogen (secondary N) is 1. The van der Waals surface area contributed by atoms with E-state index in [1.165, 1.54) is 24.1 Å². The molecule has 6 heteroatoms. The molecule has 1 saturated heterocycles. The van der Waals surface area contributed by atoms with E-state index in [2.05, 4.69) is 34.5 Å². The Kier molecular flexibility index (Phi) is 7.83. The van der Waals surface area contributed by atoms with Gasteiger partial charge in [0.05, 0.1) is 5.69 Å². The Morgan fingerprint density at radius 3 is 2.50 bits per heavy atom. The number of halogens is 1. The maximum Gasteiger partial charge on any atom is 0.251 e. The Labute approximate surface area is 240 Å². The van der Waals surface area contributed by atoms with Crippen molar-refractivity contribution in [1.29, 1.82) is 0 Å². The number of carbonyl (C=O) groups is 1. The summed E-state index contributed by atoms with van der Waals surface area (Å²) < 4.78 is 5.83. The van der Waals surface area contributed by atoms with Crippen LogP contribution in [0.2, 0.25) is 5.02 Å². The second-order valence-electron chi connectivity index (χ2n) is 10.4. The van der Waals surface area contributed by atoms with Crippen LogP contribution in [0.5, 0.6) is 5.75 Å². The highest BCUT2D eigenvalue weighted by molar-refractivity contribution is 6.31. The van der Waals surface area contributed by atoms with Gasteiger partial charge in [0.1, 0.15) is 12.4 Å². The van der Waals surface area contributed by atoms with Gasteiger partial charge in [-0.15, -0.1) is 0 Å². The van der Waals surface area contributed by atoms with Crippen LogP contribution in [0.1, 0.15) is 45.5 Å². The monoisotopic (exact) mass is 549 g/mol. The van der Waals surface area contributed by atoms with Crippen LogP contribution in [0, 0.1) is 0 Å². The zero-order chi connectivity index (χ0) is 27.3. The lowest BCUT2D eigenvalue weighted by Gasteiger charge is -2.17. The molecular weight excluding hydrogens is 518 g/mol. The fourth-order valence-corrected chi connectivity index (χ4v) is 5.52. The van der Waals surface area contributed by atoms with Gasteiger partial charge in [-0.1, -0.05) is 60.1 Å². The Hall–Kier alpha value is -4.09. The fraction of sp³-hybridized carbons (Fsp3) is 0.235. The predicted octanol–water partition coefficient (Wildman–Crippen LogP) is 7.32. The highest BCUT2D eigenvalue weighted by Crippen LogP contribution is 2.33. The molecule has 2 aliphatic rings. The van der Waals surface area contributed by atoms with Gasteiger partial charge in [-0.05, 0) is 77.6 Å². The largest absolute Gasteiger partial charge is 0.489 e. The van der Waals surface area contributed by atoms with Crippen LogP contribution in [0.4, 0.5) is 11.4 Å². The van der Waals surface area contributed by atoms with E-state index in [1.54, 1.807) is 12.1 Å². The van der Waals surface area contributed by atoms with Gasteiger partial charge in [-0.2, -0.15) is 0 Å². The van der Waals surface area contributed by atoms with Gasteiger partial charge in [0, 0.05) is 54.5 Å². The van der Waals surface area contributed by atoms with Gasteiger partial charge < -0.3 is 15.0 Å². The first-order valence-electron chi connectivity index (χ1n) is 13.9. The van der Waals surface area contributed by atoms with E-state index in [4.69, 9.17) is 21.3 Å². The van der Waals surface area contributed by atoms with Crippen molar-refractivity contribution in [2.75, 3.05) is 18.0 Å². The first kappa shape index (κ1) is 26.1. The average molecular weight is 550 g/mol. The summed E-state index contributed by atoms with van der Waals surface area (Å²) in [6.07, 6.45) is 4.06. The van der Waals surface area contributed by atoms with Crippen molar-refractivity contribution in [3.63, 3.8) is 0 Å². The molecule has 6 rings (SSSR count). The van der Waals surface area contributed by atoms with Gasteiger partial charge in [-0.3, -0.25) is 9.79 Å². The first-order chi connectivity index (χ1) is 19.6. The summed E-state index contributed by atoms with van der Waals surface area (Å²) in [6, 6.07) is 29.8. The smallest absolute Gasteiger partial charge is 0.251 e. The van der Waals surface area contributed by atoms with Crippen molar-refractivity contribution in [3.05, 3.63) is 124 Å². The van der Waals surface area contributed by atoms with E-state index in [-0.39, 0.29) is 5.91 Å². The first-order valence-corrected chi connectivity index (χ1v) is 14.3. The Balaban J connectivity index is 1.04. The summed E-state index contributed by atoms with van der Waals surface area (Å²) >= 11 is 6.57. The van der Waals surface area contributed by atoms with Crippen LogP contribution in [0.3, 0.4) is 0 Å². The van der Waals surface area contributed by atoms with E-state index in [0.717, 1.165) is 58.4 Å². The zero-order valence-electron chi connectivity index (χ0n) is 22.4. The Bertz CT molecular complexity index is 1530. The number of carbonyl (C=O) groups excluding carboxylic acids is 1. The van der Waals surface area contributed by atoms with E-state index >= 15 is 0 Å². The lowest BCUT2D eigenvalue weighted by atomic mass is 10.0. The average Bonchev–Trinajstić information content (AvgIpc) is 3.67. The third kappa shape index (κ3) is 6.21. The van der Waals surface area contributed by atoms with Gasteiger partial charge in [0.15, 0.2) is 0 Å². The molecule has 0 aliphatic carbocycles. The third-order valence-corrected chi connectivity index (χ3v) is 7.90. The third-order valence-electron chi connectivity index (χ3n) is 7.54. The number of fused-ring (bicyclic) bond motifs is 1. The van der Waals surface area contributed by atoms with Crippen molar-refractivity contribution in [3.8, 4) is 5.75 Å². The number of nitrogens with zero attached hydrogens (tertiary/aromatic N) is 2. The molecule has 2 aliphatic heterocycles. The summed E-state index contributed by atoms with van der Waals surface area (Å²) in [6.45, 7) is 3.16. The number of anilines is 1. The molecule has 1 amide bonds. The molecule has 0 radical (unpaired) electrons. The van der Waals surface area contributed by atoms with Crippen LogP contribution >= 0.6 is 11.6 Å². The molecule has 2 heterocycles. The molecule has 4 aromatic carbocycles. The quantitative estimate of drug-likeness (QED) is 0.238. The van der Waals surface area contributed by atoms with Crippen molar-refractivity contribution >= 4 is 34.6 Å². The molecule has 202 valence electrons. The van der Waals surface area contributed by atoms with E-state index in [9.17, 15) is 4.79 Å². The molecule has 1 N–H and O–H groups in total. The number of rotatable bonds is 9. The maximum absolute atomic E-state index is 12.8. The summed E-state index contributed by atoms with van der Waals surface area (Å²) in [5.74, 6) is 0.600. The molecule has 0 saturated carbocycles. The van der Waals surface area contributed by atoms with Crippen LogP contribution in [-0.4, -0.2) is 24.7 Å². The molecular formula is C34H32ClN3O2. The molecule has 40 heavy (non-hydrogen) atoms. The van der Waals surface area contributed by atoms with Crippen LogP contribution < -0.4 is 15.0 Å². The molecule has 0 atom stereocenters. The summed E-state index contributed by atoms with van der Waals surface area (Å²) in [4.78, 5) is 20.2. The summed E-state index contributed by atoms with van der Waals surface area (Å²) in [5, 5.41) is 3.74. The second-order valence-corrected chi connectivity index (χ2v) is 10.9. The minimum Gasteiger partial charge on any atom is -0.489 e. The molecule has 5 nitrogen and oxygen atoms in total. The van der Waals surface area contributed by atoms with E-state index in [1.807, 2.05) is 54.6 Å². The van der Waals surface area contributed by atoms with Crippen molar-refractivity contribution in [2.24, 2.45) is 4.99 Å². The van der Waals surface area contributed by atoms with E-state index < -0.39 is 0 Å². The molecule has 0 bridgehead atoms. The topological polar surface area (TPSA) is 53.9 Å². The fourth-order valence-electron chi connectivity index (χ4n) is 5.33. The van der Waals surface area contributed by atoms with Crippen molar-refractivity contribution in [2.45, 2.75) is 38.8 Å². The number of aliphatic imine (C=N–C) groups is 1. The van der Waals surface area contributed by atoms with Crippen LogP contribution in [0.25, 0.3) is 0 Å². The van der Waals surface area contributed by atoms with Gasteiger partial charge in [-0.25, -0.2) is 0 Å². The van der Waals surface area contributed by atoms with Gasteiger partial charge in [0.25, 0.3) is 5.91 Å². The summed E-state index contributed by atoms with van der Waals surface area (Å²) in [5.41, 5.74) is 8.46. The van der Waals surface area contributed by atoms with Gasteiger partial charge in [0.2, 0.25) is 0 Å². The lowest BCUT2D eigenvalue weighted by Crippen LogP contribution is -2.22. The number of hydrogen-bond acceptors (Lipinski definition) is 4. The molecule has 1 fully saturated rings. The Morgan fingerprint density at radius 1 is 0.900 bits per heavy atom. The maximum atomic E-state index is 12.8. The molecule has 0 aromatic heterocycles. The lowest BCUT2D eigenvalue weighted by molar-refractivity contribution is 0.0951. The number of ether oxygens (including phenoxy) is 1. The number of hydrogen-bond donors (Lipinski definition) is 1. The van der Waals surface area contributed by atoms with Crippen LogP contribution in [0.15, 0.2) is 96.0 Å². The number of benzene rings is 4. The normalized spacial score (nSPS) is 14.1. The highest BCUT2D eigenvalue weighted by atomic mass is 35.5. The predicted molar refractivity (Wildman–Crippen MR) is 162 cm³/mol. The molecule has 0 spiro atoms. The van der Waals surface area contributed by atoms with Crippen molar-refractivity contribution < 1.29 is 9.53 Å². The zero-order valence-corrected chi connectivity index (χ0v) is 23.2. The standard InChI is InChI=1S/C34H32ClN3O2/c35-32-15-8-25(22-36-34(39)26-10-13-31(14-11-26)40-23-24-6-2-1-3-7-24)18-28(32)20-29-19-27-9-12-30(21-33(27)37-29)38-16-4-5-17-38/h1-3,6-15,18,21H,4-5,16-17,19-20,22-23H2,(H,36,39). The minimum absolute atomic E-state index is 0.129. The van der Waals surface area contributed by atoms with Crippen molar-refractivity contribution in [1.82, 2.24) is 5.32 Å². The van der Waals surface area contributed by atoms with Crippen LogP contribution in [-0.2, 0) is 26.0 Å². The highest BCUT2D eigenvalue weighted by Gasteiger charge is 2.19. The SMILES string of the molecule is O=C(NCc1ccc(Cl)c(CC2=Nc3cc(N4CCCC4)ccc3C2)c1)c1ccc(OCc2ccccc2)cc1. The minimum atomic E-state index is -0.129. The number of amides is 1. The molecule has 4 aromatic rings. The van der Waals surface area contributed by atoms with E-state index in [0.29, 0.717) is 25.1 Å². The second kappa shape index (κ2) is 12.0. The summed E-state index contributed by atoms with van der Waals surface area (Å²) in [7, 11) is 0.